The van der Waals surface area contributed by atoms with E-state index in [0.717, 1.165) is 17.0 Å². The Morgan fingerprint density at radius 2 is 1.84 bits per heavy atom. The van der Waals surface area contributed by atoms with Crippen molar-refractivity contribution >= 4 is 40.5 Å². The zero-order valence-corrected chi connectivity index (χ0v) is 17.9. The van der Waals surface area contributed by atoms with Gasteiger partial charge in [0.25, 0.3) is 11.8 Å². The van der Waals surface area contributed by atoms with Crippen molar-refractivity contribution in [2.45, 2.75) is 32.5 Å². The number of carbonyl (C=O) groups excluding carboxylic acids is 2. The van der Waals surface area contributed by atoms with Gasteiger partial charge in [0.05, 0.1) is 34.1 Å². The average Bonchev–Trinajstić information content (AvgIpc) is 2.87. The molecule has 6 nitrogen and oxygen atoms in total. The summed E-state index contributed by atoms with van der Waals surface area (Å²) in [4.78, 5) is 26.8. The predicted molar refractivity (Wildman–Crippen MR) is 112 cm³/mol. The Morgan fingerprint density at radius 1 is 1.22 bits per heavy atom. The molecule has 0 spiro atoms. The maximum Gasteiger partial charge on any atom is 0.417 e. The summed E-state index contributed by atoms with van der Waals surface area (Å²) < 4.78 is 54.9. The monoisotopic (exact) mass is 464 g/mol. The number of halogens is 4. The second kappa shape index (κ2) is 7.56. The Kier molecular flexibility index (Phi) is 5.47. The zero-order chi connectivity index (χ0) is 24.2. The molecule has 0 bridgehead atoms. The number of primary amides is 1. The topological polar surface area (TPSA) is 90.4 Å². The minimum Gasteiger partial charge on any atom is -0.366 e. The molecule has 1 saturated heterocycles. The zero-order valence-electron chi connectivity index (χ0n) is 17.0. The molecule has 2 aromatic rings. The molecule has 0 aromatic heterocycles. The Labute approximate surface area is 185 Å². The number of amides is 2. The summed E-state index contributed by atoms with van der Waals surface area (Å²) in [5.41, 5.74) is 1.57. The van der Waals surface area contributed by atoms with E-state index in [1.54, 1.807) is 0 Å². The third-order valence-electron chi connectivity index (χ3n) is 5.22. The van der Waals surface area contributed by atoms with Crippen molar-refractivity contribution in [1.29, 1.82) is 5.26 Å². The van der Waals surface area contributed by atoms with Gasteiger partial charge < -0.3 is 10.6 Å². The number of rotatable bonds is 3. The van der Waals surface area contributed by atoms with Gasteiger partial charge in [-0.05, 0) is 63.3 Å². The Balaban J connectivity index is 2.16. The molecule has 0 unspecified atom stereocenters. The fourth-order valence-electron chi connectivity index (χ4n) is 3.54. The highest BCUT2D eigenvalue weighted by molar-refractivity contribution is 7.81. The second-order valence-electron chi connectivity index (χ2n) is 7.59. The Hall–Kier alpha value is -3.52. The largest absolute Gasteiger partial charge is 0.417 e. The van der Waals surface area contributed by atoms with E-state index in [9.17, 15) is 27.2 Å². The molecule has 1 fully saturated rings. The highest BCUT2D eigenvalue weighted by Crippen LogP contribution is 2.41. The lowest BCUT2D eigenvalue weighted by Crippen LogP contribution is -2.44. The number of alkyl halides is 3. The number of nitrogens with zero attached hydrogens (tertiary/aromatic N) is 3. The first-order valence-corrected chi connectivity index (χ1v) is 9.53. The third kappa shape index (κ3) is 3.46. The van der Waals surface area contributed by atoms with Gasteiger partial charge in [0, 0.05) is 5.56 Å². The standard InChI is InChI=1S/C21H16F4N4O2S/c1-10-15(7-6-13(16(10)22)17(27)30)29-19(32)28(18(31)20(29,2)3)12-5-4-11(9-26)14(8-12)21(23,24)25/h4-8H,1-3H3,(H2,27,30). The van der Waals surface area contributed by atoms with E-state index in [-0.39, 0.29) is 27.6 Å². The van der Waals surface area contributed by atoms with E-state index in [1.807, 2.05) is 0 Å². The van der Waals surface area contributed by atoms with Crippen molar-refractivity contribution in [3.63, 3.8) is 0 Å². The molecule has 1 aliphatic rings. The number of nitrogens with two attached hydrogens (primary N) is 1. The SMILES string of the molecule is Cc1c(N2C(=S)N(c3ccc(C#N)c(C(F)(F)F)c3)C(=O)C2(C)C)ccc(C(N)=O)c1F. The quantitative estimate of drug-likeness (QED) is 0.547. The number of hydrogen-bond donors (Lipinski definition) is 1. The van der Waals surface area contributed by atoms with Crippen LogP contribution in [0.2, 0.25) is 0 Å². The molecule has 11 heteroatoms. The Morgan fingerprint density at radius 3 is 2.38 bits per heavy atom. The molecule has 1 aliphatic heterocycles. The number of benzene rings is 2. The molecule has 2 N–H and O–H groups in total. The maximum absolute atomic E-state index is 14.7. The van der Waals surface area contributed by atoms with Crippen molar-refractivity contribution in [1.82, 2.24) is 0 Å². The van der Waals surface area contributed by atoms with Crippen LogP contribution in [0, 0.1) is 24.1 Å². The molecule has 32 heavy (non-hydrogen) atoms. The molecule has 0 saturated carbocycles. The fourth-order valence-corrected chi connectivity index (χ4v) is 4.05. The third-order valence-corrected chi connectivity index (χ3v) is 5.58. The minimum atomic E-state index is -4.83. The number of nitriles is 1. The first-order chi connectivity index (χ1) is 14.7. The molecule has 0 atom stereocenters. The summed E-state index contributed by atoms with van der Waals surface area (Å²) in [6.07, 6.45) is -4.83. The van der Waals surface area contributed by atoms with Crippen molar-refractivity contribution in [3.8, 4) is 6.07 Å². The summed E-state index contributed by atoms with van der Waals surface area (Å²) in [7, 11) is 0. The van der Waals surface area contributed by atoms with Crippen molar-refractivity contribution in [3.05, 3.63) is 58.4 Å². The van der Waals surface area contributed by atoms with Crippen LogP contribution >= 0.6 is 12.2 Å². The van der Waals surface area contributed by atoms with Crippen LogP contribution in [-0.4, -0.2) is 22.5 Å². The van der Waals surface area contributed by atoms with E-state index < -0.39 is 40.5 Å². The van der Waals surface area contributed by atoms with Crippen molar-refractivity contribution in [2.75, 3.05) is 9.80 Å². The van der Waals surface area contributed by atoms with Gasteiger partial charge in [-0.3, -0.25) is 14.5 Å². The first-order valence-electron chi connectivity index (χ1n) is 9.12. The normalized spacial score (nSPS) is 15.8. The van der Waals surface area contributed by atoms with E-state index in [1.165, 1.54) is 43.9 Å². The molecule has 0 aliphatic carbocycles. The smallest absolute Gasteiger partial charge is 0.366 e. The van der Waals surface area contributed by atoms with Crippen LogP contribution in [0.5, 0.6) is 0 Å². The van der Waals surface area contributed by atoms with Crippen LogP contribution in [0.3, 0.4) is 0 Å². The van der Waals surface area contributed by atoms with Gasteiger partial charge in [0.1, 0.15) is 11.4 Å². The molecule has 0 radical (unpaired) electrons. The van der Waals surface area contributed by atoms with Gasteiger partial charge in [0.2, 0.25) is 0 Å². The van der Waals surface area contributed by atoms with Gasteiger partial charge in [-0.1, -0.05) is 0 Å². The highest BCUT2D eigenvalue weighted by atomic mass is 32.1. The number of carbonyl (C=O) groups is 2. The highest BCUT2D eigenvalue weighted by Gasteiger charge is 2.51. The van der Waals surface area contributed by atoms with E-state index in [4.69, 9.17) is 23.2 Å². The van der Waals surface area contributed by atoms with Crippen LogP contribution in [0.15, 0.2) is 30.3 Å². The van der Waals surface area contributed by atoms with Crippen LogP contribution in [0.4, 0.5) is 28.9 Å². The lowest BCUT2D eigenvalue weighted by atomic mass is 10.00. The van der Waals surface area contributed by atoms with Crippen LogP contribution in [0.1, 0.15) is 40.9 Å². The lowest BCUT2D eigenvalue weighted by Gasteiger charge is -2.31. The van der Waals surface area contributed by atoms with Gasteiger partial charge in [-0.15, -0.1) is 0 Å². The minimum absolute atomic E-state index is 0.0119. The predicted octanol–water partition coefficient (Wildman–Crippen LogP) is 4.04. The van der Waals surface area contributed by atoms with Crippen LogP contribution in [0.25, 0.3) is 0 Å². The number of thiocarbonyl (C=S) groups is 1. The summed E-state index contributed by atoms with van der Waals surface area (Å²) in [6.45, 7) is 4.33. The first kappa shape index (κ1) is 23.1. The van der Waals surface area contributed by atoms with Gasteiger partial charge >= 0.3 is 6.18 Å². The van der Waals surface area contributed by atoms with Crippen molar-refractivity contribution in [2.24, 2.45) is 5.73 Å². The van der Waals surface area contributed by atoms with E-state index in [0.29, 0.717) is 6.07 Å². The maximum atomic E-state index is 14.7. The van der Waals surface area contributed by atoms with Crippen LogP contribution < -0.4 is 15.5 Å². The fraction of sp³-hybridized carbons (Fsp3) is 0.238. The lowest BCUT2D eigenvalue weighted by molar-refractivity contribution is -0.137. The molecule has 1 heterocycles. The van der Waals surface area contributed by atoms with Gasteiger partial charge in [-0.25, -0.2) is 4.39 Å². The number of anilines is 2. The van der Waals surface area contributed by atoms with Crippen LogP contribution in [-0.2, 0) is 11.0 Å². The molecule has 166 valence electrons. The van der Waals surface area contributed by atoms with E-state index >= 15 is 0 Å². The summed E-state index contributed by atoms with van der Waals surface area (Å²) in [6, 6.07) is 6.80. The molecular weight excluding hydrogens is 448 g/mol. The van der Waals surface area contributed by atoms with Crippen molar-refractivity contribution < 1.29 is 27.2 Å². The van der Waals surface area contributed by atoms with E-state index in [2.05, 4.69) is 0 Å². The number of hydrogen-bond acceptors (Lipinski definition) is 4. The summed E-state index contributed by atoms with van der Waals surface area (Å²) in [5, 5.41) is 8.81. The molecule has 2 aromatic carbocycles. The average molecular weight is 464 g/mol. The van der Waals surface area contributed by atoms with Gasteiger partial charge in [0.15, 0.2) is 5.11 Å². The molecular formula is C21H16F4N4O2S. The molecule has 3 rings (SSSR count). The summed E-state index contributed by atoms with van der Waals surface area (Å²) in [5.74, 6) is -2.52. The van der Waals surface area contributed by atoms with Gasteiger partial charge in [-0.2, -0.15) is 18.4 Å². The Bertz CT molecular complexity index is 1220. The summed E-state index contributed by atoms with van der Waals surface area (Å²) >= 11 is 5.41. The molecule has 2 amide bonds. The second-order valence-corrected chi connectivity index (χ2v) is 7.96.